The molecule has 9 heteroatoms. The minimum Gasteiger partial charge on any atom is -0.366 e. The fraction of sp³-hybridized carbons (Fsp3) is 0.0435. The highest BCUT2D eigenvalue weighted by molar-refractivity contribution is 7.99. The van der Waals surface area contributed by atoms with Gasteiger partial charge in [0.25, 0.3) is 5.56 Å². The SMILES string of the molecule is NC(=O)c1ccc(NC(=O)CSc2nc3ccccc3c(=O)n2-c2cccc(Cl)c2)cc1. The van der Waals surface area contributed by atoms with Gasteiger partial charge < -0.3 is 11.1 Å². The molecule has 0 saturated heterocycles. The summed E-state index contributed by atoms with van der Waals surface area (Å²) in [6.07, 6.45) is 0. The fourth-order valence-electron chi connectivity index (χ4n) is 3.10. The number of hydrogen-bond acceptors (Lipinski definition) is 5. The molecule has 0 saturated carbocycles. The Hall–Kier alpha value is -3.62. The average Bonchev–Trinajstić information content (AvgIpc) is 2.78. The summed E-state index contributed by atoms with van der Waals surface area (Å²) in [5.74, 6) is -0.815. The highest BCUT2D eigenvalue weighted by Crippen LogP contribution is 2.23. The number of amides is 2. The number of carbonyl (C=O) groups is 2. The minimum atomic E-state index is -0.542. The summed E-state index contributed by atoms with van der Waals surface area (Å²) in [6.45, 7) is 0. The first-order chi connectivity index (χ1) is 15.4. The van der Waals surface area contributed by atoms with Crippen molar-refractivity contribution in [1.82, 2.24) is 9.55 Å². The standard InChI is InChI=1S/C23H17ClN4O3S/c24-15-4-3-5-17(12-15)28-22(31)18-6-1-2-7-19(18)27-23(28)32-13-20(29)26-16-10-8-14(9-11-16)21(25)30/h1-12H,13H2,(H2,25,30)(H,26,29). The Labute approximate surface area is 192 Å². The van der Waals surface area contributed by atoms with Gasteiger partial charge in [0.1, 0.15) is 0 Å². The number of carbonyl (C=O) groups excluding carboxylic acids is 2. The maximum Gasteiger partial charge on any atom is 0.266 e. The summed E-state index contributed by atoms with van der Waals surface area (Å²) in [4.78, 5) is 41.5. The number of nitrogens with two attached hydrogens (primary N) is 1. The summed E-state index contributed by atoms with van der Waals surface area (Å²) >= 11 is 7.27. The van der Waals surface area contributed by atoms with Crippen molar-refractivity contribution >= 4 is 51.8 Å². The average molecular weight is 465 g/mol. The van der Waals surface area contributed by atoms with Crippen LogP contribution in [0, 0.1) is 0 Å². The number of nitrogens with one attached hydrogen (secondary N) is 1. The first kappa shape index (κ1) is 21.6. The summed E-state index contributed by atoms with van der Waals surface area (Å²) < 4.78 is 1.45. The van der Waals surface area contributed by atoms with E-state index in [0.29, 0.717) is 38.0 Å². The number of benzene rings is 3. The van der Waals surface area contributed by atoms with Crippen LogP contribution in [-0.2, 0) is 4.79 Å². The van der Waals surface area contributed by atoms with E-state index in [1.165, 1.54) is 16.7 Å². The molecule has 4 aromatic rings. The van der Waals surface area contributed by atoms with Crippen molar-refractivity contribution < 1.29 is 9.59 Å². The van der Waals surface area contributed by atoms with Gasteiger partial charge in [0.05, 0.1) is 22.3 Å². The van der Waals surface area contributed by atoms with Gasteiger partial charge in [-0.1, -0.05) is 41.6 Å². The molecule has 1 aromatic heterocycles. The van der Waals surface area contributed by atoms with Gasteiger partial charge in [-0.05, 0) is 54.6 Å². The van der Waals surface area contributed by atoms with E-state index in [1.807, 2.05) is 0 Å². The lowest BCUT2D eigenvalue weighted by molar-refractivity contribution is -0.113. The smallest absolute Gasteiger partial charge is 0.266 e. The lowest BCUT2D eigenvalue weighted by Crippen LogP contribution is -2.23. The predicted octanol–water partition coefficient (Wildman–Crippen LogP) is 3.87. The molecular formula is C23H17ClN4O3S. The van der Waals surface area contributed by atoms with Gasteiger partial charge in [-0.2, -0.15) is 0 Å². The third-order valence-corrected chi connectivity index (χ3v) is 5.77. The van der Waals surface area contributed by atoms with Crippen molar-refractivity contribution in [2.45, 2.75) is 5.16 Å². The second-order valence-corrected chi connectivity index (χ2v) is 8.19. The van der Waals surface area contributed by atoms with E-state index in [-0.39, 0.29) is 17.2 Å². The topological polar surface area (TPSA) is 107 Å². The third kappa shape index (κ3) is 4.66. The Morgan fingerprint density at radius 1 is 1.03 bits per heavy atom. The van der Waals surface area contributed by atoms with Gasteiger partial charge in [0.15, 0.2) is 5.16 Å². The molecule has 0 bridgehead atoms. The molecule has 0 aliphatic heterocycles. The second-order valence-electron chi connectivity index (χ2n) is 6.81. The summed E-state index contributed by atoms with van der Waals surface area (Å²) in [5.41, 5.74) is 6.96. The number of aromatic nitrogens is 2. The number of halogens is 1. The Morgan fingerprint density at radius 2 is 1.78 bits per heavy atom. The molecular weight excluding hydrogens is 448 g/mol. The van der Waals surface area contributed by atoms with Crippen LogP contribution in [0.1, 0.15) is 10.4 Å². The van der Waals surface area contributed by atoms with Crippen LogP contribution < -0.4 is 16.6 Å². The number of primary amides is 1. The van der Waals surface area contributed by atoms with Crippen LogP contribution in [0.2, 0.25) is 5.02 Å². The molecule has 7 nitrogen and oxygen atoms in total. The molecule has 0 radical (unpaired) electrons. The molecule has 1 heterocycles. The predicted molar refractivity (Wildman–Crippen MR) is 127 cm³/mol. The minimum absolute atomic E-state index is 0.0168. The maximum absolute atomic E-state index is 13.2. The molecule has 0 aliphatic carbocycles. The first-order valence-electron chi connectivity index (χ1n) is 9.52. The van der Waals surface area contributed by atoms with Gasteiger partial charge in [0.2, 0.25) is 11.8 Å². The van der Waals surface area contributed by atoms with E-state index in [2.05, 4.69) is 10.3 Å². The first-order valence-corrected chi connectivity index (χ1v) is 10.9. The quantitative estimate of drug-likeness (QED) is 0.332. The molecule has 3 N–H and O–H groups in total. The Bertz CT molecular complexity index is 1390. The van der Waals surface area contributed by atoms with Crippen LogP contribution in [0.3, 0.4) is 0 Å². The number of anilines is 1. The van der Waals surface area contributed by atoms with Crippen molar-refractivity contribution in [2.75, 3.05) is 11.1 Å². The largest absolute Gasteiger partial charge is 0.366 e. The number of hydrogen-bond donors (Lipinski definition) is 2. The second kappa shape index (κ2) is 9.25. The summed E-state index contributed by atoms with van der Waals surface area (Å²) in [7, 11) is 0. The highest BCUT2D eigenvalue weighted by Gasteiger charge is 2.15. The molecule has 0 unspecified atom stereocenters. The van der Waals surface area contributed by atoms with Gasteiger partial charge >= 0.3 is 0 Å². The van der Waals surface area contributed by atoms with Crippen molar-refractivity contribution in [3.63, 3.8) is 0 Å². The van der Waals surface area contributed by atoms with E-state index in [4.69, 9.17) is 17.3 Å². The van der Waals surface area contributed by atoms with Crippen LogP contribution in [-0.4, -0.2) is 27.1 Å². The number of fused-ring (bicyclic) bond motifs is 1. The van der Waals surface area contributed by atoms with Gasteiger partial charge in [-0.15, -0.1) is 0 Å². The van der Waals surface area contributed by atoms with Crippen LogP contribution in [0.5, 0.6) is 0 Å². The summed E-state index contributed by atoms with van der Waals surface area (Å²) in [6, 6.07) is 20.2. The molecule has 0 aliphatic rings. The van der Waals surface area contributed by atoms with Gasteiger partial charge in [-0.25, -0.2) is 4.98 Å². The summed E-state index contributed by atoms with van der Waals surface area (Å²) in [5, 5.41) is 4.07. The zero-order chi connectivity index (χ0) is 22.7. The Kier molecular flexibility index (Phi) is 6.25. The van der Waals surface area contributed by atoms with Gasteiger partial charge in [-0.3, -0.25) is 19.0 Å². The molecule has 4 rings (SSSR count). The molecule has 0 fully saturated rings. The normalized spacial score (nSPS) is 10.8. The Balaban J connectivity index is 1.62. The number of para-hydroxylation sites is 1. The van der Waals surface area contributed by atoms with Crippen molar-refractivity contribution in [1.29, 1.82) is 0 Å². The van der Waals surface area contributed by atoms with Crippen LogP contribution >= 0.6 is 23.4 Å². The van der Waals surface area contributed by atoms with E-state index in [1.54, 1.807) is 60.7 Å². The Morgan fingerprint density at radius 3 is 2.50 bits per heavy atom. The lowest BCUT2D eigenvalue weighted by atomic mass is 10.2. The lowest BCUT2D eigenvalue weighted by Gasteiger charge is -2.13. The van der Waals surface area contributed by atoms with Crippen molar-refractivity contribution in [3.8, 4) is 5.69 Å². The van der Waals surface area contributed by atoms with Crippen LogP contribution in [0.15, 0.2) is 82.7 Å². The molecule has 0 atom stereocenters. The van der Waals surface area contributed by atoms with Gasteiger partial charge in [0, 0.05) is 16.3 Å². The third-order valence-electron chi connectivity index (χ3n) is 4.60. The number of nitrogens with zero attached hydrogens (tertiary/aromatic N) is 2. The van der Waals surface area contributed by atoms with E-state index in [0.717, 1.165) is 11.8 Å². The highest BCUT2D eigenvalue weighted by atomic mass is 35.5. The zero-order valence-corrected chi connectivity index (χ0v) is 18.2. The van der Waals surface area contributed by atoms with Crippen molar-refractivity contribution in [3.05, 3.63) is 93.7 Å². The molecule has 160 valence electrons. The molecule has 0 spiro atoms. The molecule has 2 amide bonds. The van der Waals surface area contributed by atoms with E-state index in [9.17, 15) is 14.4 Å². The molecule has 32 heavy (non-hydrogen) atoms. The van der Waals surface area contributed by atoms with E-state index < -0.39 is 5.91 Å². The van der Waals surface area contributed by atoms with Crippen molar-refractivity contribution in [2.24, 2.45) is 5.73 Å². The van der Waals surface area contributed by atoms with E-state index >= 15 is 0 Å². The zero-order valence-electron chi connectivity index (χ0n) is 16.6. The molecule has 3 aromatic carbocycles. The number of rotatable bonds is 6. The monoisotopic (exact) mass is 464 g/mol. The fourth-order valence-corrected chi connectivity index (χ4v) is 4.09. The van der Waals surface area contributed by atoms with Crippen LogP contribution in [0.4, 0.5) is 5.69 Å². The number of thioether (sulfide) groups is 1. The maximum atomic E-state index is 13.2. The van der Waals surface area contributed by atoms with Crippen LogP contribution in [0.25, 0.3) is 16.6 Å².